The number of methoxy groups -OCH3 is 1. The second kappa shape index (κ2) is 7.91. The van der Waals surface area contributed by atoms with E-state index in [1.807, 2.05) is 25.7 Å². The maximum Gasteiger partial charge on any atom is 0.407 e. The van der Waals surface area contributed by atoms with Gasteiger partial charge in [-0.3, -0.25) is 0 Å². The van der Waals surface area contributed by atoms with E-state index in [1.54, 1.807) is 6.07 Å². The number of amides is 1. The number of nitrogens with one attached hydrogen (secondary N) is 1. The first-order valence-electron chi connectivity index (χ1n) is 8.18. The minimum absolute atomic E-state index is 0.0824. The molecule has 1 atom stereocenters. The summed E-state index contributed by atoms with van der Waals surface area (Å²) in [6.45, 7) is 6.75. The number of carbonyl (C=O) groups is 2. The number of halogens is 1. The van der Waals surface area contributed by atoms with Gasteiger partial charge >= 0.3 is 12.1 Å². The molecule has 1 saturated heterocycles. The van der Waals surface area contributed by atoms with Crippen LogP contribution in [0.3, 0.4) is 0 Å². The van der Waals surface area contributed by atoms with Gasteiger partial charge in [-0.15, -0.1) is 0 Å². The van der Waals surface area contributed by atoms with Crippen LogP contribution in [0.4, 0.5) is 10.5 Å². The van der Waals surface area contributed by atoms with E-state index in [4.69, 9.17) is 21.1 Å². The van der Waals surface area contributed by atoms with Crippen molar-refractivity contribution in [2.24, 2.45) is 0 Å². The normalized spacial score (nSPS) is 17.8. The fourth-order valence-electron chi connectivity index (χ4n) is 2.74. The predicted octanol–water partition coefficient (Wildman–Crippen LogP) is 3.02. The fourth-order valence-corrected chi connectivity index (χ4v) is 2.89. The van der Waals surface area contributed by atoms with Crippen molar-refractivity contribution in [2.75, 3.05) is 25.1 Å². The molecular formula is C17H24ClN3O4. The lowest BCUT2D eigenvalue weighted by Crippen LogP contribution is -2.49. The van der Waals surface area contributed by atoms with Gasteiger partial charge in [0.25, 0.3) is 0 Å². The van der Waals surface area contributed by atoms with E-state index in [0.29, 0.717) is 22.9 Å². The fraction of sp³-hybridized carbons (Fsp3) is 0.588. The lowest BCUT2D eigenvalue weighted by atomic mass is 10.0. The van der Waals surface area contributed by atoms with Gasteiger partial charge in [-0.1, -0.05) is 11.6 Å². The number of piperidine rings is 1. The summed E-state index contributed by atoms with van der Waals surface area (Å²) in [5, 5.41) is 3.18. The number of carbonyl (C=O) groups excluding carboxylic acids is 2. The first-order chi connectivity index (χ1) is 11.7. The zero-order chi connectivity index (χ0) is 18.6. The summed E-state index contributed by atoms with van der Waals surface area (Å²) in [5.41, 5.74) is 0.460. The third kappa shape index (κ3) is 5.49. The number of pyridine rings is 1. The predicted molar refractivity (Wildman–Crippen MR) is 95.2 cm³/mol. The summed E-state index contributed by atoms with van der Waals surface area (Å²) in [5.74, 6) is -0.471. The third-order valence-electron chi connectivity index (χ3n) is 3.74. The summed E-state index contributed by atoms with van der Waals surface area (Å²) >= 11 is 6.00. The molecule has 1 unspecified atom stereocenters. The van der Waals surface area contributed by atoms with Crippen LogP contribution < -0.4 is 10.2 Å². The Balaban J connectivity index is 2.12. The SMILES string of the molecule is COC(=O)c1cnc(Cl)cc1N1CCCC(NC(=O)OC(C)(C)C)C1. The van der Waals surface area contributed by atoms with Crippen LogP contribution >= 0.6 is 11.6 Å². The highest BCUT2D eigenvalue weighted by atomic mass is 35.5. The maximum atomic E-state index is 12.0. The highest BCUT2D eigenvalue weighted by molar-refractivity contribution is 6.29. The number of aromatic nitrogens is 1. The number of alkyl carbamates (subject to hydrolysis) is 1. The number of ether oxygens (including phenoxy) is 2. The van der Waals surface area contributed by atoms with Gasteiger partial charge in [0.05, 0.1) is 12.8 Å². The number of rotatable bonds is 3. The van der Waals surface area contributed by atoms with Gasteiger partial charge in [0, 0.05) is 25.3 Å². The van der Waals surface area contributed by atoms with Gasteiger partial charge in [-0.2, -0.15) is 0 Å². The van der Waals surface area contributed by atoms with Gasteiger partial charge in [-0.25, -0.2) is 14.6 Å². The van der Waals surface area contributed by atoms with Crippen LogP contribution in [-0.2, 0) is 9.47 Å². The van der Waals surface area contributed by atoms with Gasteiger partial charge in [0.2, 0.25) is 0 Å². The van der Waals surface area contributed by atoms with E-state index < -0.39 is 17.7 Å². The van der Waals surface area contributed by atoms with Crippen molar-refractivity contribution in [3.8, 4) is 0 Å². The molecule has 0 aromatic carbocycles. The van der Waals surface area contributed by atoms with Crippen LogP contribution in [0.2, 0.25) is 5.15 Å². The molecule has 7 nitrogen and oxygen atoms in total. The molecule has 1 aromatic heterocycles. The van der Waals surface area contributed by atoms with E-state index in [-0.39, 0.29) is 6.04 Å². The summed E-state index contributed by atoms with van der Waals surface area (Å²) in [6.07, 6.45) is 2.66. The number of hydrogen-bond donors (Lipinski definition) is 1. The van der Waals surface area contributed by atoms with Crippen LogP contribution in [0.15, 0.2) is 12.3 Å². The summed E-state index contributed by atoms with van der Waals surface area (Å²) in [6, 6.07) is 1.56. The second-order valence-corrected chi connectivity index (χ2v) is 7.33. The van der Waals surface area contributed by atoms with E-state index in [0.717, 1.165) is 19.4 Å². The van der Waals surface area contributed by atoms with Crippen molar-refractivity contribution in [2.45, 2.75) is 45.3 Å². The zero-order valence-electron chi connectivity index (χ0n) is 15.0. The standard InChI is InChI=1S/C17H24ClN3O4/c1-17(2,3)25-16(23)20-11-6-5-7-21(10-11)13-8-14(18)19-9-12(13)15(22)24-4/h8-9,11H,5-7,10H2,1-4H3,(H,20,23). The molecule has 1 aromatic rings. The lowest BCUT2D eigenvalue weighted by molar-refractivity contribution is 0.0498. The molecule has 0 saturated carbocycles. The molecule has 8 heteroatoms. The molecular weight excluding hydrogens is 346 g/mol. The number of anilines is 1. The monoisotopic (exact) mass is 369 g/mol. The minimum atomic E-state index is -0.547. The minimum Gasteiger partial charge on any atom is -0.465 e. The Bertz CT molecular complexity index is 645. The van der Waals surface area contributed by atoms with Crippen LogP contribution in [0.1, 0.15) is 44.0 Å². The van der Waals surface area contributed by atoms with Gasteiger partial charge < -0.3 is 19.7 Å². The van der Waals surface area contributed by atoms with Crippen molar-refractivity contribution >= 4 is 29.4 Å². The molecule has 25 heavy (non-hydrogen) atoms. The van der Waals surface area contributed by atoms with Crippen molar-refractivity contribution < 1.29 is 19.1 Å². The van der Waals surface area contributed by atoms with Crippen molar-refractivity contribution in [3.63, 3.8) is 0 Å². The third-order valence-corrected chi connectivity index (χ3v) is 3.94. The molecule has 1 N–H and O–H groups in total. The average molecular weight is 370 g/mol. The largest absolute Gasteiger partial charge is 0.465 e. The molecule has 2 heterocycles. The molecule has 1 amide bonds. The Labute approximate surface area is 152 Å². The Morgan fingerprint density at radius 3 is 2.76 bits per heavy atom. The van der Waals surface area contributed by atoms with Crippen LogP contribution in [0.25, 0.3) is 0 Å². The van der Waals surface area contributed by atoms with E-state index in [1.165, 1.54) is 13.3 Å². The zero-order valence-corrected chi connectivity index (χ0v) is 15.7. The first kappa shape index (κ1) is 19.3. The highest BCUT2D eigenvalue weighted by Gasteiger charge is 2.27. The molecule has 2 rings (SSSR count). The maximum absolute atomic E-state index is 12.0. The van der Waals surface area contributed by atoms with Crippen LogP contribution in [-0.4, -0.2) is 48.9 Å². The van der Waals surface area contributed by atoms with Gasteiger partial charge in [-0.05, 0) is 39.7 Å². The quantitative estimate of drug-likeness (QED) is 0.651. The summed E-state index contributed by atoms with van der Waals surface area (Å²) in [4.78, 5) is 29.9. The Morgan fingerprint density at radius 2 is 2.12 bits per heavy atom. The Hall–Kier alpha value is -2.02. The molecule has 0 bridgehead atoms. The van der Waals surface area contributed by atoms with Crippen molar-refractivity contribution in [3.05, 3.63) is 23.0 Å². The smallest absolute Gasteiger partial charge is 0.407 e. The molecule has 0 aliphatic carbocycles. The Kier molecular flexibility index (Phi) is 6.11. The van der Waals surface area contributed by atoms with Crippen LogP contribution in [0.5, 0.6) is 0 Å². The topological polar surface area (TPSA) is 80.8 Å². The number of nitrogens with zero attached hydrogens (tertiary/aromatic N) is 2. The van der Waals surface area contributed by atoms with E-state index in [9.17, 15) is 9.59 Å². The summed E-state index contributed by atoms with van der Waals surface area (Å²) < 4.78 is 10.1. The van der Waals surface area contributed by atoms with E-state index in [2.05, 4.69) is 10.3 Å². The molecule has 1 fully saturated rings. The first-order valence-corrected chi connectivity index (χ1v) is 8.55. The van der Waals surface area contributed by atoms with E-state index >= 15 is 0 Å². The lowest BCUT2D eigenvalue weighted by Gasteiger charge is -2.35. The average Bonchev–Trinajstić information content (AvgIpc) is 2.52. The Morgan fingerprint density at radius 1 is 1.40 bits per heavy atom. The summed E-state index contributed by atoms with van der Waals surface area (Å²) in [7, 11) is 1.32. The molecule has 1 aliphatic heterocycles. The van der Waals surface area contributed by atoms with Gasteiger partial charge in [0.1, 0.15) is 16.3 Å². The van der Waals surface area contributed by atoms with Crippen molar-refractivity contribution in [1.82, 2.24) is 10.3 Å². The molecule has 0 spiro atoms. The number of esters is 1. The molecule has 0 radical (unpaired) electrons. The van der Waals surface area contributed by atoms with Gasteiger partial charge in [0.15, 0.2) is 0 Å². The van der Waals surface area contributed by atoms with Crippen LogP contribution in [0, 0.1) is 0 Å². The molecule has 1 aliphatic rings. The molecule has 138 valence electrons. The van der Waals surface area contributed by atoms with Crippen molar-refractivity contribution in [1.29, 1.82) is 0 Å². The highest BCUT2D eigenvalue weighted by Crippen LogP contribution is 2.27. The number of hydrogen-bond acceptors (Lipinski definition) is 6. The second-order valence-electron chi connectivity index (χ2n) is 6.95.